The molecule has 1 aliphatic heterocycles. The number of aromatic amines is 1. The van der Waals surface area contributed by atoms with Gasteiger partial charge in [0.25, 0.3) is 5.91 Å². The molecule has 2 heterocycles. The standard InChI is InChI=1S/C19H25N3O4S/c23-19(20-10-4-7-13-26-16-8-2-1-3-9-16)18-14-17(15-21-18)27(24,25)22-11-5-6-12-22/h1-3,8-9,14-15,21H,4-7,10-13H2,(H,20,23). The number of H-pyrrole nitrogens is 1. The molecule has 2 N–H and O–H groups in total. The summed E-state index contributed by atoms with van der Waals surface area (Å²) >= 11 is 0. The van der Waals surface area contributed by atoms with Crippen molar-refractivity contribution in [3.05, 3.63) is 48.3 Å². The van der Waals surface area contributed by atoms with E-state index < -0.39 is 10.0 Å². The van der Waals surface area contributed by atoms with E-state index in [1.807, 2.05) is 30.3 Å². The summed E-state index contributed by atoms with van der Waals surface area (Å²) in [5, 5.41) is 2.80. The highest BCUT2D eigenvalue weighted by atomic mass is 32.2. The van der Waals surface area contributed by atoms with Crippen LogP contribution in [0.5, 0.6) is 5.75 Å². The number of carbonyl (C=O) groups is 1. The van der Waals surface area contributed by atoms with Gasteiger partial charge in [-0.1, -0.05) is 18.2 Å². The summed E-state index contributed by atoms with van der Waals surface area (Å²) in [6, 6.07) is 11.0. The average Bonchev–Trinajstić information content (AvgIpc) is 3.38. The van der Waals surface area contributed by atoms with Crippen LogP contribution in [-0.4, -0.2) is 49.9 Å². The number of unbranched alkanes of at least 4 members (excludes halogenated alkanes) is 1. The Morgan fingerprint density at radius 1 is 1.15 bits per heavy atom. The number of sulfonamides is 1. The molecule has 1 aromatic heterocycles. The maximum atomic E-state index is 12.5. The Balaban J connectivity index is 1.40. The Labute approximate surface area is 159 Å². The molecule has 0 bridgehead atoms. The summed E-state index contributed by atoms with van der Waals surface area (Å²) in [6.07, 6.45) is 4.74. The number of nitrogens with one attached hydrogen (secondary N) is 2. The number of carbonyl (C=O) groups excluding carboxylic acids is 1. The number of benzene rings is 1. The number of rotatable bonds is 9. The Morgan fingerprint density at radius 2 is 1.89 bits per heavy atom. The van der Waals surface area contributed by atoms with Crippen molar-refractivity contribution in [3.8, 4) is 5.75 Å². The molecule has 0 aliphatic carbocycles. The predicted molar refractivity (Wildman–Crippen MR) is 102 cm³/mol. The Bertz CT molecular complexity index is 843. The summed E-state index contributed by atoms with van der Waals surface area (Å²) in [6.45, 7) is 2.17. The second-order valence-corrected chi connectivity index (χ2v) is 8.42. The number of amides is 1. The van der Waals surface area contributed by atoms with E-state index in [9.17, 15) is 13.2 Å². The molecule has 2 aromatic rings. The molecule has 0 atom stereocenters. The Morgan fingerprint density at radius 3 is 2.63 bits per heavy atom. The highest BCUT2D eigenvalue weighted by molar-refractivity contribution is 7.89. The van der Waals surface area contributed by atoms with Gasteiger partial charge in [0.2, 0.25) is 10.0 Å². The molecular weight excluding hydrogens is 366 g/mol. The number of nitrogens with zero attached hydrogens (tertiary/aromatic N) is 1. The minimum Gasteiger partial charge on any atom is -0.494 e. The molecule has 1 aliphatic rings. The van der Waals surface area contributed by atoms with E-state index >= 15 is 0 Å². The first-order valence-corrected chi connectivity index (χ1v) is 10.7. The lowest BCUT2D eigenvalue weighted by Gasteiger charge is -2.13. The number of hydrogen-bond donors (Lipinski definition) is 2. The maximum Gasteiger partial charge on any atom is 0.267 e. The van der Waals surface area contributed by atoms with Crippen LogP contribution in [0.4, 0.5) is 0 Å². The van der Waals surface area contributed by atoms with Gasteiger partial charge in [0.05, 0.1) is 6.61 Å². The summed E-state index contributed by atoms with van der Waals surface area (Å²) in [5.74, 6) is 0.529. The van der Waals surface area contributed by atoms with Gasteiger partial charge in [-0.15, -0.1) is 0 Å². The molecule has 1 fully saturated rings. The SMILES string of the molecule is O=C(NCCCCOc1ccccc1)c1cc(S(=O)(=O)N2CCCC2)c[nH]1. The van der Waals surface area contributed by atoms with Crippen molar-refractivity contribution in [1.82, 2.24) is 14.6 Å². The van der Waals surface area contributed by atoms with Gasteiger partial charge < -0.3 is 15.0 Å². The van der Waals surface area contributed by atoms with Crippen LogP contribution >= 0.6 is 0 Å². The first-order valence-electron chi connectivity index (χ1n) is 9.22. The molecule has 0 unspecified atom stereocenters. The molecule has 1 saturated heterocycles. The molecule has 7 nitrogen and oxygen atoms in total. The number of aromatic nitrogens is 1. The van der Waals surface area contributed by atoms with Crippen LogP contribution < -0.4 is 10.1 Å². The topological polar surface area (TPSA) is 91.5 Å². The summed E-state index contributed by atoms with van der Waals surface area (Å²) in [4.78, 5) is 15.1. The molecule has 0 spiro atoms. The quantitative estimate of drug-likeness (QED) is 0.642. The van der Waals surface area contributed by atoms with E-state index in [1.165, 1.54) is 16.6 Å². The van der Waals surface area contributed by atoms with Crippen molar-refractivity contribution in [1.29, 1.82) is 0 Å². The van der Waals surface area contributed by atoms with Gasteiger partial charge >= 0.3 is 0 Å². The zero-order valence-electron chi connectivity index (χ0n) is 15.2. The fraction of sp³-hybridized carbons (Fsp3) is 0.421. The normalized spacial score (nSPS) is 15.0. The van der Waals surface area contributed by atoms with Crippen LogP contribution in [0.3, 0.4) is 0 Å². The zero-order chi connectivity index (χ0) is 19.1. The second-order valence-electron chi connectivity index (χ2n) is 6.48. The van der Waals surface area contributed by atoms with E-state index in [2.05, 4.69) is 10.3 Å². The van der Waals surface area contributed by atoms with Crippen LogP contribution in [0.25, 0.3) is 0 Å². The van der Waals surface area contributed by atoms with Gasteiger partial charge in [-0.05, 0) is 43.9 Å². The van der Waals surface area contributed by atoms with Gasteiger partial charge in [0.1, 0.15) is 16.3 Å². The van der Waals surface area contributed by atoms with Crippen molar-refractivity contribution in [2.24, 2.45) is 0 Å². The number of para-hydroxylation sites is 1. The van der Waals surface area contributed by atoms with Gasteiger partial charge in [0, 0.05) is 25.8 Å². The fourth-order valence-electron chi connectivity index (χ4n) is 2.96. The lowest BCUT2D eigenvalue weighted by Crippen LogP contribution is -2.27. The molecule has 27 heavy (non-hydrogen) atoms. The van der Waals surface area contributed by atoms with E-state index in [1.54, 1.807) is 0 Å². The summed E-state index contributed by atoms with van der Waals surface area (Å²) < 4.78 is 32.0. The van der Waals surface area contributed by atoms with Crippen LogP contribution in [-0.2, 0) is 10.0 Å². The van der Waals surface area contributed by atoms with Crippen molar-refractivity contribution >= 4 is 15.9 Å². The molecule has 146 valence electrons. The maximum absolute atomic E-state index is 12.5. The number of ether oxygens (including phenoxy) is 1. The third-order valence-corrected chi connectivity index (χ3v) is 6.35. The molecule has 3 rings (SSSR count). The monoisotopic (exact) mass is 391 g/mol. The lowest BCUT2D eigenvalue weighted by molar-refractivity contribution is 0.0948. The predicted octanol–water partition coefficient (Wildman–Crippen LogP) is 2.39. The molecule has 1 amide bonds. The second kappa shape index (κ2) is 9.05. The van der Waals surface area contributed by atoms with E-state index in [4.69, 9.17) is 4.74 Å². The first kappa shape index (κ1) is 19.4. The van der Waals surface area contributed by atoms with Gasteiger partial charge in [-0.2, -0.15) is 4.31 Å². The third kappa shape index (κ3) is 5.11. The third-order valence-electron chi connectivity index (χ3n) is 4.47. The van der Waals surface area contributed by atoms with Gasteiger partial charge in [0.15, 0.2) is 0 Å². The molecule has 0 radical (unpaired) electrons. The summed E-state index contributed by atoms with van der Waals surface area (Å²) in [7, 11) is -3.50. The molecule has 8 heteroatoms. The molecule has 1 aromatic carbocycles. The van der Waals surface area contributed by atoms with Crippen molar-refractivity contribution in [2.75, 3.05) is 26.2 Å². The summed E-state index contributed by atoms with van der Waals surface area (Å²) in [5.41, 5.74) is 0.258. The fourth-order valence-corrected chi connectivity index (χ4v) is 4.47. The molecular formula is C19H25N3O4S. The highest BCUT2D eigenvalue weighted by Crippen LogP contribution is 2.21. The van der Waals surface area contributed by atoms with Crippen LogP contribution in [0.2, 0.25) is 0 Å². The smallest absolute Gasteiger partial charge is 0.267 e. The van der Waals surface area contributed by atoms with Crippen molar-refractivity contribution in [2.45, 2.75) is 30.6 Å². The highest BCUT2D eigenvalue weighted by Gasteiger charge is 2.28. The Hall–Kier alpha value is -2.32. The minimum absolute atomic E-state index is 0.144. The van der Waals surface area contributed by atoms with Gasteiger partial charge in [-0.3, -0.25) is 4.79 Å². The van der Waals surface area contributed by atoms with Crippen LogP contribution in [0.15, 0.2) is 47.5 Å². The number of hydrogen-bond acceptors (Lipinski definition) is 4. The average molecular weight is 391 g/mol. The van der Waals surface area contributed by atoms with Gasteiger partial charge in [-0.25, -0.2) is 8.42 Å². The van der Waals surface area contributed by atoms with E-state index in [0.717, 1.165) is 31.4 Å². The molecule has 0 saturated carbocycles. The lowest BCUT2D eigenvalue weighted by atomic mass is 10.3. The minimum atomic E-state index is -3.50. The Kier molecular flexibility index (Phi) is 6.52. The van der Waals surface area contributed by atoms with E-state index in [-0.39, 0.29) is 16.5 Å². The largest absolute Gasteiger partial charge is 0.494 e. The van der Waals surface area contributed by atoms with Crippen LogP contribution in [0, 0.1) is 0 Å². The van der Waals surface area contributed by atoms with Crippen LogP contribution in [0.1, 0.15) is 36.2 Å². The van der Waals surface area contributed by atoms with Crippen molar-refractivity contribution in [3.63, 3.8) is 0 Å². The zero-order valence-corrected chi connectivity index (χ0v) is 16.0. The van der Waals surface area contributed by atoms with Crippen molar-refractivity contribution < 1.29 is 17.9 Å². The first-order chi connectivity index (χ1) is 13.1. The van der Waals surface area contributed by atoms with E-state index in [0.29, 0.717) is 26.2 Å².